The second-order valence-corrected chi connectivity index (χ2v) is 10.7. The van der Waals surface area contributed by atoms with Crippen molar-refractivity contribution in [1.82, 2.24) is 19.8 Å². The Morgan fingerprint density at radius 1 is 1.28 bits per heavy atom. The highest BCUT2D eigenvalue weighted by Gasteiger charge is 2.26. The number of methoxy groups -OCH3 is 1. The number of fused-ring (bicyclic) bond motifs is 1. The molecule has 0 spiro atoms. The molecule has 11 heteroatoms. The molecule has 3 amide bonds. The number of anilines is 1. The number of carbonyl (C=O) groups is 3. The molecule has 1 fully saturated rings. The zero-order valence-electron chi connectivity index (χ0n) is 22.9. The molecular weight excluding hydrogens is 516 g/mol. The number of primary amides is 1. The number of aryl methyl sites for hydroxylation is 1. The van der Waals surface area contributed by atoms with Crippen LogP contribution < -0.4 is 15.8 Å². The number of hydrogen-bond donors (Lipinski definition) is 2. The lowest BCUT2D eigenvalue weighted by atomic mass is 10.0. The maximum Gasteiger partial charge on any atom is 0.313 e. The van der Waals surface area contributed by atoms with Gasteiger partial charge in [0.1, 0.15) is 5.56 Å². The highest BCUT2D eigenvalue weighted by atomic mass is 32.1. The Bertz CT molecular complexity index is 1310. The van der Waals surface area contributed by atoms with E-state index >= 15 is 0 Å². The summed E-state index contributed by atoms with van der Waals surface area (Å²) in [6, 6.07) is 9.61. The molecule has 1 aliphatic heterocycles. The van der Waals surface area contributed by atoms with E-state index < -0.39 is 17.7 Å². The molecule has 1 unspecified atom stereocenters. The van der Waals surface area contributed by atoms with Crippen molar-refractivity contribution in [3.63, 3.8) is 0 Å². The number of amides is 3. The van der Waals surface area contributed by atoms with Crippen LogP contribution in [0.1, 0.15) is 41.6 Å². The van der Waals surface area contributed by atoms with Crippen molar-refractivity contribution in [2.45, 2.75) is 32.6 Å². The Morgan fingerprint density at radius 3 is 2.67 bits per heavy atom. The molecule has 3 heterocycles. The molecule has 0 aliphatic carbocycles. The van der Waals surface area contributed by atoms with Crippen molar-refractivity contribution in [2.75, 3.05) is 39.6 Å². The first kappa shape index (κ1) is 29.6. The molecule has 10 nitrogen and oxygen atoms in total. The number of likely N-dealkylation sites (tertiary alicyclic amines) is 1. The van der Waals surface area contributed by atoms with Crippen molar-refractivity contribution in [3.8, 4) is 5.88 Å². The minimum absolute atomic E-state index is 0.0318. The van der Waals surface area contributed by atoms with E-state index in [0.29, 0.717) is 19.0 Å². The number of carbonyl (C=O) groups excluding carboxylic acids is 3. The SMILES string of the molecule is C=C(CCc1nc2ccccc2s1)N(C)C.COc1ncc(NC(=O)C(=O)N2CCCC(C)C2)cc1C(N)=O. The zero-order valence-corrected chi connectivity index (χ0v) is 23.7. The number of rotatable bonds is 7. The number of para-hydroxylation sites is 1. The number of ether oxygens (including phenoxy) is 1. The molecule has 0 radical (unpaired) electrons. The van der Waals surface area contributed by atoms with E-state index in [1.165, 1.54) is 34.0 Å². The fraction of sp³-hybridized carbons (Fsp3) is 0.393. The van der Waals surface area contributed by atoms with Gasteiger partial charge in [0.25, 0.3) is 5.91 Å². The van der Waals surface area contributed by atoms with Gasteiger partial charge in [-0.3, -0.25) is 14.4 Å². The predicted molar refractivity (Wildman–Crippen MR) is 154 cm³/mol. The first-order valence-electron chi connectivity index (χ1n) is 12.7. The van der Waals surface area contributed by atoms with E-state index in [0.717, 1.165) is 36.9 Å². The van der Waals surface area contributed by atoms with E-state index in [9.17, 15) is 14.4 Å². The number of nitrogens with zero attached hydrogens (tertiary/aromatic N) is 4. The molecule has 3 N–H and O–H groups in total. The molecule has 0 saturated carbocycles. The molecule has 208 valence electrons. The first-order valence-corrected chi connectivity index (χ1v) is 13.5. The average molecular weight is 553 g/mol. The highest BCUT2D eigenvalue weighted by Crippen LogP contribution is 2.23. The van der Waals surface area contributed by atoms with E-state index in [2.05, 4.69) is 45.0 Å². The number of piperidine rings is 1. The van der Waals surface area contributed by atoms with Crippen LogP contribution in [-0.2, 0) is 16.0 Å². The minimum atomic E-state index is -0.763. The smallest absolute Gasteiger partial charge is 0.313 e. The van der Waals surface area contributed by atoms with Crippen LogP contribution in [0.3, 0.4) is 0 Å². The molecule has 1 aliphatic rings. The molecule has 2 aromatic heterocycles. The number of thiazole rings is 1. The molecule has 1 saturated heterocycles. The van der Waals surface area contributed by atoms with Gasteiger partial charge in [0.15, 0.2) is 0 Å². The van der Waals surface area contributed by atoms with E-state index in [-0.39, 0.29) is 17.1 Å². The topological polar surface area (TPSA) is 131 Å². The number of nitrogens with two attached hydrogens (primary N) is 1. The Balaban J connectivity index is 0.000000230. The zero-order chi connectivity index (χ0) is 28.5. The number of benzene rings is 1. The standard InChI is InChI=1S/C15H20N4O4.C13H16N2S/c1-9-4-3-5-19(8-9)15(22)13(21)18-10-6-11(12(16)20)14(23-2)17-7-10;1-10(15(2)3)8-9-13-14-11-6-4-5-7-12(11)16-13/h6-7,9H,3-5,8H2,1-2H3,(H2,16,20)(H,18,21);4-7H,1,8-9H2,2-3H3. The Morgan fingerprint density at radius 2 is 2.03 bits per heavy atom. The molecule has 1 aromatic carbocycles. The number of hydrogen-bond acceptors (Lipinski definition) is 8. The highest BCUT2D eigenvalue weighted by molar-refractivity contribution is 7.18. The Hall–Kier alpha value is -3.99. The summed E-state index contributed by atoms with van der Waals surface area (Å²) >= 11 is 1.78. The van der Waals surface area contributed by atoms with Crippen LogP contribution in [0.4, 0.5) is 5.69 Å². The second-order valence-electron chi connectivity index (χ2n) is 9.63. The fourth-order valence-electron chi connectivity index (χ4n) is 4.06. The van der Waals surface area contributed by atoms with Crippen molar-refractivity contribution in [3.05, 3.63) is 59.4 Å². The van der Waals surface area contributed by atoms with Crippen molar-refractivity contribution < 1.29 is 19.1 Å². The molecular formula is C28H36N6O4S. The summed E-state index contributed by atoms with van der Waals surface area (Å²) in [5, 5.41) is 3.64. The largest absolute Gasteiger partial charge is 0.480 e. The average Bonchev–Trinajstić information content (AvgIpc) is 3.34. The molecule has 1 atom stereocenters. The summed E-state index contributed by atoms with van der Waals surface area (Å²) in [5.74, 6) is -1.65. The second kappa shape index (κ2) is 13.7. The minimum Gasteiger partial charge on any atom is -0.480 e. The number of allylic oxidation sites excluding steroid dienone is 1. The van der Waals surface area contributed by atoms with E-state index in [1.807, 2.05) is 27.1 Å². The summed E-state index contributed by atoms with van der Waals surface area (Å²) in [5.41, 5.74) is 7.74. The Labute approximate surface area is 232 Å². The third-order valence-electron chi connectivity index (χ3n) is 6.30. The van der Waals surface area contributed by atoms with Crippen LogP contribution in [-0.4, -0.2) is 71.8 Å². The van der Waals surface area contributed by atoms with Crippen LogP contribution in [0.5, 0.6) is 5.88 Å². The van der Waals surface area contributed by atoms with Gasteiger partial charge in [-0.1, -0.05) is 25.6 Å². The van der Waals surface area contributed by atoms with Gasteiger partial charge in [0, 0.05) is 39.3 Å². The van der Waals surface area contributed by atoms with Crippen LogP contribution in [0.2, 0.25) is 0 Å². The lowest BCUT2D eigenvalue weighted by molar-refractivity contribution is -0.144. The van der Waals surface area contributed by atoms with Gasteiger partial charge in [-0.25, -0.2) is 9.97 Å². The lowest BCUT2D eigenvalue weighted by Crippen LogP contribution is -2.44. The van der Waals surface area contributed by atoms with Crippen LogP contribution in [0.25, 0.3) is 10.2 Å². The van der Waals surface area contributed by atoms with Crippen molar-refractivity contribution in [1.29, 1.82) is 0 Å². The summed E-state index contributed by atoms with van der Waals surface area (Å²) in [4.78, 5) is 47.7. The van der Waals surface area contributed by atoms with Gasteiger partial charge in [-0.15, -0.1) is 11.3 Å². The third kappa shape index (κ3) is 8.25. The van der Waals surface area contributed by atoms with Crippen molar-refractivity contribution in [2.24, 2.45) is 11.7 Å². The van der Waals surface area contributed by atoms with Gasteiger partial charge in [0.2, 0.25) is 5.88 Å². The number of pyridine rings is 1. The normalized spacial score (nSPS) is 14.7. The van der Waals surface area contributed by atoms with Crippen molar-refractivity contribution >= 4 is 45.0 Å². The Kier molecular flexibility index (Phi) is 10.4. The summed E-state index contributed by atoms with van der Waals surface area (Å²) in [6.07, 6.45) is 5.20. The quantitative estimate of drug-likeness (QED) is 0.428. The van der Waals surface area contributed by atoms with Crippen LogP contribution in [0, 0.1) is 5.92 Å². The van der Waals surface area contributed by atoms with Gasteiger partial charge in [-0.05, 0) is 43.4 Å². The van der Waals surface area contributed by atoms with Gasteiger partial charge >= 0.3 is 11.8 Å². The molecule has 4 rings (SSSR count). The van der Waals surface area contributed by atoms with Gasteiger partial charge in [-0.2, -0.15) is 0 Å². The maximum atomic E-state index is 12.2. The number of nitrogens with one attached hydrogen (secondary N) is 1. The monoisotopic (exact) mass is 552 g/mol. The summed E-state index contributed by atoms with van der Waals surface area (Å²) < 4.78 is 6.19. The molecule has 3 aromatic rings. The number of aromatic nitrogens is 2. The third-order valence-corrected chi connectivity index (χ3v) is 7.40. The van der Waals surface area contributed by atoms with E-state index in [1.54, 1.807) is 11.3 Å². The van der Waals surface area contributed by atoms with E-state index in [4.69, 9.17) is 10.5 Å². The maximum absolute atomic E-state index is 12.2. The molecule has 0 bridgehead atoms. The predicted octanol–water partition coefficient (Wildman–Crippen LogP) is 3.69. The molecule has 39 heavy (non-hydrogen) atoms. The van der Waals surface area contributed by atoms with Crippen LogP contribution >= 0.6 is 11.3 Å². The summed E-state index contributed by atoms with van der Waals surface area (Å²) in [7, 11) is 5.41. The first-order chi connectivity index (χ1) is 18.6. The van der Waals surface area contributed by atoms with Gasteiger partial charge < -0.3 is 25.6 Å². The lowest BCUT2D eigenvalue weighted by Gasteiger charge is -2.30. The summed E-state index contributed by atoms with van der Waals surface area (Å²) in [6.45, 7) is 7.21. The van der Waals surface area contributed by atoms with Crippen LogP contribution in [0.15, 0.2) is 48.8 Å². The fourth-order valence-corrected chi connectivity index (χ4v) is 5.03. The van der Waals surface area contributed by atoms with Gasteiger partial charge in [0.05, 0.1) is 34.2 Å².